The van der Waals surface area contributed by atoms with Crippen molar-refractivity contribution in [1.82, 2.24) is 9.88 Å². The molecule has 0 aliphatic carbocycles. The van der Waals surface area contributed by atoms with Gasteiger partial charge in [0.25, 0.3) is 5.91 Å². The van der Waals surface area contributed by atoms with Gasteiger partial charge in [-0.15, -0.1) is 0 Å². The molecule has 5 heteroatoms. The number of nitrogen functional groups attached to an aromatic ring is 1. The van der Waals surface area contributed by atoms with Crippen LogP contribution in [0.3, 0.4) is 0 Å². The smallest absolute Gasteiger partial charge is 0.257 e. The Morgan fingerprint density at radius 3 is 2.94 bits per heavy atom. The number of carbonyl (C=O) groups excluding carboxylic acids is 1. The van der Waals surface area contributed by atoms with Crippen molar-refractivity contribution in [2.45, 2.75) is 13.3 Å². The van der Waals surface area contributed by atoms with Gasteiger partial charge in [-0.2, -0.15) is 5.26 Å². The highest BCUT2D eigenvalue weighted by Gasteiger charge is 2.14. The minimum Gasteiger partial charge on any atom is -0.398 e. The average molecular weight is 218 g/mol. The molecule has 84 valence electrons. The fourth-order valence-electron chi connectivity index (χ4n) is 1.28. The van der Waals surface area contributed by atoms with E-state index in [1.54, 1.807) is 13.1 Å². The summed E-state index contributed by atoms with van der Waals surface area (Å²) in [4.78, 5) is 17.4. The van der Waals surface area contributed by atoms with E-state index in [2.05, 4.69) is 4.98 Å². The Morgan fingerprint density at radius 2 is 2.38 bits per heavy atom. The number of nitrogens with two attached hydrogens (primary N) is 1. The standard InChI is InChI=1S/C11H14N4O/c1-8-6-10(13)9(7-14-8)11(16)15(2)5-3-4-12/h6-7H,3,5H2,1-2H3,(H2,13,14). The lowest BCUT2D eigenvalue weighted by molar-refractivity contribution is 0.0798. The molecule has 0 aliphatic rings. The maximum absolute atomic E-state index is 11.9. The van der Waals surface area contributed by atoms with E-state index in [1.165, 1.54) is 11.1 Å². The predicted molar refractivity (Wildman–Crippen MR) is 60.6 cm³/mol. The minimum atomic E-state index is -0.208. The predicted octanol–water partition coefficient (Wildman–Crippen LogP) is 0.958. The van der Waals surface area contributed by atoms with Crippen LogP contribution in [0.5, 0.6) is 0 Å². The van der Waals surface area contributed by atoms with Crippen molar-refractivity contribution in [2.75, 3.05) is 19.3 Å². The Bertz CT molecular complexity index is 436. The van der Waals surface area contributed by atoms with Crippen LogP contribution in [0.4, 0.5) is 5.69 Å². The molecule has 0 aliphatic heterocycles. The van der Waals surface area contributed by atoms with E-state index >= 15 is 0 Å². The second-order valence-corrected chi connectivity index (χ2v) is 3.55. The SMILES string of the molecule is Cc1cc(N)c(C(=O)N(C)CCC#N)cn1. The summed E-state index contributed by atoms with van der Waals surface area (Å²) in [5.74, 6) is -0.208. The van der Waals surface area contributed by atoms with Crippen molar-refractivity contribution in [1.29, 1.82) is 5.26 Å². The first-order valence-electron chi connectivity index (χ1n) is 4.90. The van der Waals surface area contributed by atoms with Crippen LogP contribution in [0.1, 0.15) is 22.5 Å². The van der Waals surface area contributed by atoms with Crippen molar-refractivity contribution in [2.24, 2.45) is 0 Å². The summed E-state index contributed by atoms with van der Waals surface area (Å²) >= 11 is 0. The zero-order valence-electron chi connectivity index (χ0n) is 9.40. The van der Waals surface area contributed by atoms with E-state index in [0.29, 0.717) is 24.2 Å². The summed E-state index contributed by atoms with van der Waals surface area (Å²) in [7, 11) is 1.64. The van der Waals surface area contributed by atoms with Crippen LogP contribution in [-0.2, 0) is 0 Å². The summed E-state index contributed by atoms with van der Waals surface area (Å²) in [6.07, 6.45) is 1.78. The molecule has 0 saturated carbocycles. The first kappa shape index (κ1) is 12.0. The third kappa shape index (κ3) is 2.70. The summed E-state index contributed by atoms with van der Waals surface area (Å²) in [5, 5.41) is 8.43. The molecular weight excluding hydrogens is 204 g/mol. The van der Waals surface area contributed by atoms with E-state index in [-0.39, 0.29) is 5.91 Å². The van der Waals surface area contributed by atoms with Crippen LogP contribution in [-0.4, -0.2) is 29.4 Å². The molecule has 1 aromatic rings. The fourth-order valence-corrected chi connectivity index (χ4v) is 1.28. The van der Waals surface area contributed by atoms with Crippen LogP contribution in [0.2, 0.25) is 0 Å². The minimum absolute atomic E-state index is 0.208. The highest BCUT2D eigenvalue weighted by molar-refractivity contribution is 5.98. The largest absolute Gasteiger partial charge is 0.398 e. The molecule has 0 unspecified atom stereocenters. The molecule has 0 atom stereocenters. The van der Waals surface area contributed by atoms with Gasteiger partial charge < -0.3 is 10.6 Å². The number of pyridine rings is 1. The number of aromatic nitrogens is 1. The maximum Gasteiger partial charge on any atom is 0.257 e. The second kappa shape index (κ2) is 5.12. The Kier molecular flexibility index (Phi) is 3.84. The zero-order valence-corrected chi connectivity index (χ0v) is 9.40. The topological polar surface area (TPSA) is 83.0 Å². The van der Waals surface area contributed by atoms with Crippen molar-refractivity contribution < 1.29 is 4.79 Å². The zero-order chi connectivity index (χ0) is 12.1. The van der Waals surface area contributed by atoms with Gasteiger partial charge in [0, 0.05) is 31.2 Å². The van der Waals surface area contributed by atoms with E-state index in [4.69, 9.17) is 11.0 Å². The van der Waals surface area contributed by atoms with E-state index in [1.807, 2.05) is 13.0 Å². The van der Waals surface area contributed by atoms with Crippen LogP contribution < -0.4 is 5.73 Å². The monoisotopic (exact) mass is 218 g/mol. The molecule has 1 amide bonds. The van der Waals surface area contributed by atoms with E-state index < -0.39 is 0 Å². The normalized spacial score (nSPS) is 9.56. The number of hydrogen-bond donors (Lipinski definition) is 1. The van der Waals surface area contributed by atoms with E-state index in [9.17, 15) is 4.79 Å². The molecular formula is C11H14N4O. The lowest BCUT2D eigenvalue weighted by atomic mass is 10.2. The number of anilines is 1. The maximum atomic E-state index is 11.9. The lowest BCUT2D eigenvalue weighted by Crippen LogP contribution is -2.28. The van der Waals surface area contributed by atoms with Gasteiger partial charge in [-0.3, -0.25) is 9.78 Å². The molecule has 1 heterocycles. The third-order valence-electron chi connectivity index (χ3n) is 2.21. The van der Waals surface area contributed by atoms with E-state index in [0.717, 1.165) is 5.69 Å². The molecule has 0 fully saturated rings. The molecule has 0 aromatic carbocycles. The first-order valence-corrected chi connectivity index (χ1v) is 4.90. The van der Waals surface area contributed by atoms with Gasteiger partial charge >= 0.3 is 0 Å². The number of nitriles is 1. The van der Waals surface area contributed by atoms with Crippen LogP contribution in [0.15, 0.2) is 12.3 Å². The molecule has 5 nitrogen and oxygen atoms in total. The number of amides is 1. The van der Waals surface area contributed by atoms with Gasteiger partial charge in [0.15, 0.2) is 0 Å². The van der Waals surface area contributed by atoms with Gasteiger partial charge in [-0.05, 0) is 13.0 Å². The lowest BCUT2D eigenvalue weighted by Gasteiger charge is -2.16. The number of aryl methyl sites for hydroxylation is 1. The summed E-state index contributed by atoms with van der Waals surface area (Å²) in [6, 6.07) is 3.65. The fraction of sp³-hybridized carbons (Fsp3) is 0.364. The van der Waals surface area contributed by atoms with Crippen molar-refractivity contribution >= 4 is 11.6 Å². The van der Waals surface area contributed by atoms with Crippen LogP contribution in [0.25, 0.3) is 0 Å². The Morgan fingerprint density at radius 1 is 1.69 bits per heavy atom. The number of hydrogen-bond acceptors (Lipinski definition) is 4. The Labute approximate surface area is 94.5 Å². The molecule has 0 spiro atoms. The molecule has 1 aromatic heterocycles. The number of carbonyl (C=O) groups is 1. The third-order valence-corrected chi connectivity index (χ3v) is 2.21. The first-order chi connectivity index (χ1) is 7.56. The molecule has 0 bridgehead atoms. The highest BCUT2D eigenvalue weighted by Crippen LogP contribution is 2.13. The van der Waals surface area contributed by atoms with Crippen molar-refractivity contribution in [3.05, 3.63) is 23.5 Å². The van der Waals surface area contributed by atoms with Gasteiger partial charge in [0.2, 0.25) is 0 Å². The summed E-state index contributed by atoms with van der Waals surface area (Å²) in [6.45, 7) is 2.20. The molecule has 1 rings (SSSR count). The quantitative estimate of drug-likeness (QED) is 0.819. The average Bonchev–Trinajstić information content (AvgIpc) is 2.25. The molecule has 2 N–H and O–H groups in total. The molecule has 0 radical (unpaired) electrons. The van der Waals surface area contributed by atoms with Gasteiger partial charge in [-0.25, -0.2) is 0 Å². The van der Waals surface area contributed by atoms with Crippen LogP contribution in [0, 0.1) is 18.3 Å². The highest BCUT2D eigenvalue weighted by atomic mass is 16.2. The van der Waals surface area contributed by atoms with Gasteiger partial charge in [0.1, 0.15) is 0 Å². The Hall–Kier alpha value is -2.09. The van der Waals surface area contributed by atoms with Gasteiger partial charge in [0.05, 0.1) is 18.1 Å². The second-order valence-electron chi connectivity index (χ2n) is 3.55. The van der Waals surface area contributed by atoms with Crippen LogP contribution >= 0.6 is 0 Å². The van der Waals surface area contributed by atoms with Gasteiger partial charge in [-0.1, -0.05) is 0 Å². The number of nitrogens with zero attached hydrogens (tertiary/aromatic N) is 3. The van der Waals surface area contributed by atoms with Crippen molar-refractivity contribution in [3.8, 4) is 6.07 Å². The van der Waals surface area contributed by atoms with Crippen molar-refractivity contribution in [3.63, 3.8) is 0 Å². The molecule has 0 saturated heterocycles. The summed E-state index contributed by atoms with van der Waals surface area (Å²) < 4.78 is 0. The number of rotatable bonds is 3. The Balaban J connectivity index is 2.84. The molecule has 16 heavy (non-hydrogen) atoms. The summed E-state index contributed by atoms with van der Waals surface area (Å²) in [5.41, 5.74) is 7.31.